The lowest BCUT2D eigenvalue weighted by Gasteiger charge is -2.37. The summed E-state index contributed by atoms with van der Waals surface area (Å²) in [7, 11) is 0. The summed E-state index contributed by atoms with van der Waals surface area (Å²) >= 11 is 0. The van der Waals surface area contributed by atoms with Crippen LogP contribution < -0.4 is 0 Å². The highest BCUT2D eigenvalue weighted by Gasteiger charge is 2.40. The Morgan fingerprint density at radius 1 is 1.33 bits per heavy atom. The maximum Gasteiger partial charge on any atom is 0.332 e. The van der Waals surface area contributed by atoms with E-state index >= 15 is 0 Å². The molecule has 2 bridgehead atoms. The summed E-state index contributed by atoms with van der Waals surface area (Å²) in [5, 5.41) is 18.4. The first kappa shape index (κ1) is 10.6. The van der Waals surface area contributed by atoms with Crippen LogP contribution in [0, 0.1) is 0 Å². The van der Waals surface area contributed by atoms with E-state index < -0.39 is 5.97 Å². The standard InChI is InChI=1S/C11H17NO3/c1-7(11(14)15)6-12-8-2-3-9(12)5-10(13)4-8/h8-10,13H,1-6H2,(H,14,15). The number of rotatable bonds is 3. The molecule has 2 atom stereocenters. The maximum absolute atomic E-state index is 10.7. The number of piperidine rings is 1. The zero-order chi connectivity index (χ0) is 11.0. The highest BCUT2D eigenvalue weighted by atomic mass is 16.4. The first-order valence-electron chi connectivity index (χ1n) is 5.43. The number of aliphatic hydroxyl groups excluding tert-OH is 1. The Morgan fingerprint density at radius 3 is 2.33 bits per heavy atom. The molecule has 0 saturated carbocycles. The molecule has 0 radical (unpaired) electrons. The Bertz CT molecular complexity index is 276. The zero-order valence-electron chi connectivity index (χ0n) is 8.72. The van der Waals surface area contributed by atoms with Gasteiger partial charge in [0, 0.05) is 24.2 Å². The highest BCUT2D eigenvalue weighted by molar-refractivity contribution is 5.86. The number of carbonyl (C=O) groups is 1. The topological polar surface area (TPSA) is 60.8 Å². The molecule has 0 aliphatic carbocycles. The van der Waals surface area contributed by atoms with E-state index in [2.05, 4.69) is 11.5 Å². The fourth-order valence-electron chi connectivity index (χ4n) is 2.79. The van der Waals surface area contributed by atoms with Gasteiger partial charge in [-0.3, -0.25) is 4.90 Å². The molecule has 2 heterocycles. The number of hydrogen-bond acceptors (Lipinski definition) is 3. The van der Waals surface area contributed by atoms with Gasteiger partial charge in [0.1, 0.15) is 0 Å². The highest BCUT2D eigenvalue weighted by Crippen LogP contribution is 2.35. The summed E-state index contributed by atoms with van der Waals surface area (Å²) < 4.78 is 0. The molecule has 15 heavy (non-hydrogen) atoms. The van der Waals surface area contributed by atoms with Crippen molar-refractivity contribution in [2.45, 2.75) is 43.9 Å². The minimum Gasteiger partial charge on any atom is -0.478 e. The van der Waals surface area contributed by atoms with Crippen molar-refractivity contribution in [3.63, 3.8) is 0 Å². The SMILES string of the molecule is C=C(CN1C2CCC1CC(O)C2)C(=O)O. The monoisotopic (exact) mass is 211 g/mol. The van der Waals surface area contributed by atoms with Crippen molar-refractivity contribution >= 4 is 5.97 Å². The van der Waals surface area contributed by atoms with Gasteiger partial charge in [-0.15, -0.1) is 0 Å². The van der Waals surface area contributed by atoms with Crippen LogP contribution in [0.15, 0.2) is 12.2 Å². The maximum atomic E-state index is 10.7. The number of nitrogens with zero attached hydrogens (tertiary/aromatic N) is 1. The second-order valence-corrected chi connectivity index (χ2v) is 4.59. The first-order valence-corrected chi connectivity index (χ1v) is 5.43. The molecule has 2 aliphatic heterocycles. The van der Waals surface area contributed by atoms with Crippen LogP contribution in [-0.2, 0) is 4.79 Å². The molecule has 0 spiro atoms. The fourth-order valence-corrected chi connectivity index (χ4v) is 2.79. The molecule has 2 aliphatic rings. The van der Waals surface area contributed by atoms with Crippen LogP contribution in [0.3, 0.4) is 0 Å². The van der Waals surface area contributed by atoms with Crippen molar-refractivity contribution in [2.24, 2.45) is 0 Å². The molecule has 2 rings (SSSR count). The largest absolute Gasteiger partial charge is 0.478 e. The quantitative estimate of drug-likeness (QED) is 0.672. The Kier molecular flexibility index (Phi) is 2.80. The van der Waals surface area contributed by atoms with Gasteiger partial charge in [-0.05, 0) is 25.7 Å². The molecule has 2 fully saturated rings. The Labute approximate surface area is 89.2 Å². The number of carboxylic acid groups (broad SMARTS) is 1. The second-order valence-electron chi connectivity index (χ2n) is 4.59. The van der Waals surface area contributed by atoms with Crippen LogP contribution in [0.2, 0.25) is 0 Å². The van der Waals surface area contributed by atoms with Crippen molar-refractivity contribution in [2.75, 3.05) is 6.54 Å². The Balaban J connectivity index is 1.99. The van der Waals surface area contributed by atoms with Gasteiger partial charge >= 0.3 is 5.97 Å². The summed E-state index contributed by atoms with van der Waals surface area (Å²) in [5.41, 5.74) is 0.253. The summed E-state index contributed by atoms with van der Waals surface area (Å²) in [6, 6.07) is 0.713. The van der Waals surface area contributed by atoms with Gasteiger partial charge in [0.05, 0.1) is 6.10 Å². The predicted octanol–water partition coefficient (Wildman–Crippen LogP) is 0.615. The lowest BCUT2D eigenvalue weighted by atomic mass is 9.99. The molecule has 0 aromatic rings. The van der Waals surface area contributed by atoms with Crippen molar-refractivity contribution in [3.05, 3.63) is 12.2 Å². The molecule has 0 aromatic heterocycles. The lowest BCUT2D eigenvalue weighted by Crippen LogP contribution is -2.45. The molecule has 2 unspecified atom stereocenters. The van der Waals surface area contributed by atoms with E-state index in [9.17, 15) is 9.90 Å². The molecule has 0 amide bonds. The minimum atomic E-state index is -0.916. The molecule has 0 aromatic carbocycles. The van der Waals surface area contributed by atoms with Gasteiger partial charge in [-0.25, -0.2) is 4.79 Å². The first-order chi connectivity index (χ1) is 7.08. The van der Waals surface area contributed by atoms with E-state index in [1.165, 1.54) is 0 Å². The van der Waals surface area contributed by atoms with Crippen LogP contribution in [-0.4, -0.2) is 45.8 Å². The molecule has 2 saturated heterocycles. The molecule has 2 N–H and O–H groups in total. The average molecular weight is 211 g/mol. The van der Waals surface area contributed by atoms with E-state index in [1.54, 1.807) is 0 Å². The fraction of sp³-hybridized carbons (Fsp3) is 0.727. The van der Waals surface area contributed by atoms with E-state index in [1.807, 2.05) is 0 Å². The smallest absolute Gasteiger partial charge is 0.332 e. The van der Waals surface area contributed by atoms with Crippen molar-refractivity contribution in [3.8, 4) is 0 Å². The summed E-state index contributed by atoms with van der Waals surface area (Å²) in [5.74, 6) is -0.916. The number of aliphatic carboxylic acids is 1. The van der Waals surface area contributed by atoms with Crippen LogP contribution >= 0.6 is 0 Å². The van der Waals surface area contributed by atoms with Gasteiger partial charge in [0.25, 0.3) is 0 Å². The molecular formula is C11H17NO3. The van der Waals surface area contributed by atoms with Gasteiger partial charge < -0.3 is 10.2 Å². The predicted molar refractivity (Wildman–Crippen MR) is 55.5 cm³/mol. The van der Waals surface area contributed by atoms with Gasteiger partial charge in [-0.2, -0.15) is 0 Å². The van der Waals surface area contributed by atoms with Gasteiger partial charge in [0.15, 0.2) is 0 Å². The summed E-state index contributed by atoms with van der Waals surface area (Å²) in [4.78, 5) is 12.9. The molecule has 4 nitrogen and oxygen atoms in total. The third kappa shape index (κ3) is 2.06. The zero-order valence-corrected chi connectivity index (χ0v) is 8.72. The number of aliphatic hydroxyl groups is 1. The normalized spacial score (nSPS) is 35.4. The van der Waals surface area contributed by atoms with E-state index in [-0.39, 0.29) is 11.7 Å². The number of hydrogen-bond donors (Lipinski definition) is 2. The number of carboxylic acids is 1. The van der Waals surface area contributed by atoms with Crippen molar-refractivity contribution in [1.82, 2.24) is 4.90 Å². The summed E-state index contributed by atoms with van der Waals surface area (Å²) in [6.07, 6.45) is 3.52. The van der Waals surface area contributed by atoms with Crippen molar-refractivity contribution < 1.29 is 15.0 Å². The molecule has 4 heteroatoms. The van der Waals surface area contributed by atoms with Crippen LogP contribution in [0.4, 0.5) is 0 Å². The second kappa shape index (κ2) is 3.94. The Hall–Kier alpha value is -0.870. The molecule has 84 valence electrons. The summed E-state index contributed by atoms with van der Waals surface area (Å²) in [6.45, 7) is 4.00. The Morgan fingerprint density at radius 2 is 1.87 bits per heavy atom. The number of fused-ring (bicyclic) bond motifs is 2. The minimum absolute atomic E-state index is 0.197. The molecular weight excluding hydrogens is 194 g/mol. The van der Waals surface area contributed by atoms with Gasteiger partial charge in [-0.1, -0.05) is 6.58 Å². The van der Waals surface area contributed by atoms with E-state index in [4.69, 9.17) is 5.11 Å². The van der Waals surface area contributed by atoms with Crippen molar-refractivity contribution in [1.29, 1.82) is 0 Å². The van der Waals surface area contributed by atoms with Crippen LogP contribution in [0.25, 0.3) is 0 Å². The van der Waals surface area contributed by atoms with E-state index in [0.29, 0.717) is 18.6 Å². The van der Waals surface area contributed by atoms with Crippen LogP contribution in [0.1, 0.15) is 25.7 Å². The van der Waals surface area contributed by atoms with Crippen LogP contribution in [0.5, 0.6) is 0 Å². The van der Waals surface area contributed by atoms with Gasteiger partial charge in [0.2, 0.25) is 0 Å². The third-order valence-electron chi connectivity index (χ3n) is 3.54. The average Bonchev–Trinajstić information content (AvgIpc) is 2.42. The lowest BCUT2D eigenvalue weighted by molar-refractivity contribution is -0.133. The third-order valence-corrected chi connectivity index (χ3v) is 3.54. The van der Waals surface area contributed by atoms with E-state index in [0.717, 1.165) is 25.7 Å².